The van der Waals surface area contributed by atoms with Gasteiger partial charge in [0, 0.05) is 0 Å². The summed E-state index contributed by atoms with van der Waals surface area (Å²) >= 11 is 0. The summed E-state index contributed by atoms with van der Waals surface area (Å²) in [6.07, 6.45) is 7.89. The Morgan fingerprint density at radius 1 is 1.43 bits per heavy atom. The lowest BCUT2D eigenvalue weighted by atomic mass is 9.94. The van der Waals surface area contributed by atoms with Crippen molar-refractivity contribution in [3.05, 3.63) is 11.6 Å². The highest BCUT2D eigenvalue weighted by Gasteiger charge is 2.14. The molecule has 0 aliphatic heterocycles. The first-order valence-corrected chi connectivity index (χ1v) is 5.72. The second-order valence-electron chi connectivity index (χ2n) is 4.25. The molecule has 0 saturated carbocycles. The summed E-state index contributed by atoms with van der Waals surface area (Å²) in [5.74, 6) is 0. The number of hydrogen-bond donors (Lipinski definition) is 1. The van der Waals surface area contributed by atoms with Crippen LogP contribution in [0.15, 0.2) is 11.6 Å². The highest BCUT2D eigenvalue weighted by molar-refractivity contribution is 5.13. The molecule has 0 bridgehead atoms. The Labute approximate surface area is 87.7 Å². The van der Waals surface area contributed by atoms with Crippen LogP contribution in [0.1, 0.15) is 39.5 Å². The Morgan fingerprint density at radius 3 is 2.71 bits per heavy atom. The Bertz CT molecular complexity index is 187. The average molecular weight is 197 g/mol. The molecule has 1 rings (SSSR count). The van der Waals surface area contributed by atoms with Gasteiger partial charge in [-0.2, -0.15) is 0 Å². The van der Waals surface area contributed by atoms with Crippen LogP contribution in [0.2, 0.25) is 0 Å². The first-order chi connectivity index (χ1) is 6.74. The van der Waals surface area contributed by atoms with Crippen LogP contribution in [-0.2, 0) is 4.74 Å². The van der Waals surface area contributed by atoms with Gasteiger partial charge in [0.2, 0.25) is 0 Å². The van der Waals surface area contributed by atoms with Crippen molar-refractivity contribution in [3.63, 3.8) is 0 Å². The van der Waals surface area contributed by atoms with E-state index in [1.165, 1.54) is 25.7 Å². The van der Waals surface area contributed by atoms with Crippen LogP contribution < -0.4 is 5.32 Å². The molecule has 1 aliphatic carbocycles. The van der Waals surface area contributed by atoms with Gasteiger partial charge in [-0.05, 0) is 46.6 Å². The van der Waals surface area contributed by atoms with Gasteiger partial charge >= 0.3 is 0 Å². The van der Waals surface area contributed by atoms with Gasteiger partial charge in [-0.3, -0.25) is 0 Å². The third kappa shape index (κ3) is 3.81. The number of ether oxygens (including phenoxy) is 1. The van der Waals surface area contributed by atoms with E-state index in [1.54, 1.807) is 5.57 Å². The van der Waals surface area contributed by atoms with Crippen molar-refractivity contribution in [3.8, 4) is 0 Å². The predicted octanol–water partition coefficient (Wildman–Crippen LogP) is 2.50. The van der Waals surface area contributed by atoms with E-state index in [0.29, 0.717) is 12.1 Å². The van der Waals surface area contributed by atoms with Crippen LogP contribution in [0.5, 0.6) is 0 Å². The van der Waals surface area contributed by atoms with Crippen LogP contribution in [0.25, 0.3) is 0 Å². The van der Waals surface area contributed by atoms with Crippen LogP contribution in [0, 0.1) is 0 Å². The second kappa shape index (κ2) is 6.20. The monoisotopic (exact) mass is 197 g/mol. The summed E-state index contributed by atoms with van der Waals surface area (Å²) < 4.78 is 5.64. The highest BCUT2D eigenvalue weighted by atomic mass is 16.5. The molecule has 0 heterocycles. The van der Waals surface area contributed by atoms with Crippen molar-refractivity contribution >= 4 is 0 Å². The lowest BCUT2D eigenvalue weighted by Crippen LogP contribution is -2.34. The van der Waals surface area contributed by atoms with Crippen LogP contribution in [-0.4, -0.2) is 25.8 Å². The number of allylic oxidation sites excluding steroid dienone is 1. The van der Waals surface area contributed by atoms with E-state index in [4.69, 9.17) is 4.74 Å². The van der Waals surface area contributed by atoms with Gasteiger partial charge in [0.05, 0.1) is 18.8 Å². The van der Waals surface area contributed by atoms with E-state index in [0.717, 1.165) is 6.61 Å². The quantitative estimate of drug-likeness (QED) is 0.684. The molecule has 0 radical (unpaired) electrons. The molecular formula is C12H23NO. The molecule has 2 heteroatoms. The van der Waals surface area contributed by atoms with E-state index < -0.39 is 0 Å². The molecule has 0 spiro atoms. The van der Waals surface area contributed by atoms with E-state index in [-0.39, 0.29) is 0 Å². The molecule has 0 aromatic rings. The van der Waals surface area contributed by atoms with Gasteiger partial charge in [0.1, 0.15) is 0 Å². The van der Waals surface area contributed by atoms with Gasteiger partial charge in [0.15, 0.2) is 0 Å². The van der Waals surface area contributed by atoms with Gasteiger partial charge < -0.3 is 10.1 Å². The first-order valence-electron chi connectivity index (χ1n) is 5.72. The molecule has 1 N–H and O–H groups in total. The van der Waals surface area contributed by atoms with Crippen molar-refractivity contribution in [1.82, 2.24) is 5.32 Å². The van der Waals surface area contributed by atoms with Gasteiger partial charge in [-0.25, -0.2) is 0 Å². The molecule has 0 aromatic heterocycles. The summed E-state index contributed by atoms with van der Waals surface area (Å²) in [7, 11) is 2.02. The Kier molecular flexibility index (Phi) is 5.20. The van der Waals surface area contributed by atoms with Gasteiger partial charge in [-0.1, -0.05) is 11.6 Å². The van der Waals surface area contributed by atoms with Gasteiger partial charge in [-0.15, -0.1) is 0 Å². The zero-order valence-electron chi connectivity index (χ0n) is 9.68. The molecule has 0 amide bonds. The number of nitrogens with one attached hydrogen (secondary N) is 1. The van der Waals surface area contributed by atoms with Crippen molar-refractivity contribution < 1.29 is 4.74 Å². The third-order valence-corrected chi connectivity index (χ3v) is 2.72. The lowest BCUT2D eigenvalue weighted by Gasteiger charge is -2.23. The zero-order valence-corrected chi connectivity index (χ0v) is 9.68. The number of likely N-dealkylation sites (N-methyl/N-ethyl adjacent to an activating group) is 1. The smallest absolute Gasteiger partial charge is 0.0661 e. The van der Waals surface area contributed by atoms with E-state index in [9.17, 15) is 0 Å². The largest absolute Gasteiger partial charge is 0.377 e. The summed E-state index contributed by atoms with van der Waals surface area (Å²) in [6.45, 7) is 4.98. The van der Waals surface area contributed by atoms with Crippen LogP contribution >= 0.6 is 0 Å². The van der Waals surface area contributed by atoms with Crippen molar-refractivity contribution in [1.29, 1.82) is 0 Å². The molecule has 1 unspecified atom stereocenters. The normalized spacial score (nSPS) is 19.6. The molecule has 1 atom stereocenters. The summed E-state index contributed by atoms with van der Waals surface area (Å²) in [5, 5.41) is 3.33. The topological polar surface area (TPSA) is 21.3 Å². The Morgan fingerprint density at radius 2 is 2.21 bits per heavy atom. The van der Waals surface area contributed by atoms with E-state index in [1.807, 2.05) is 7.05 Å². The molecule has 14 heavy (non-hydrogen) atoms. The molecule has 82 valence electrons. The van der Waals surface area contributed by atoms with Crippen LogP contribution in [0.3, 0.4) is 0 Å². The fourth-order valence-electron chi connectivity index (χ4n) is 1.84. The lowest BCUT2D eigenvalue weighted by molar-refractivity contribution is 0.0680. The molecule has 0 aromatic carbocycles. The van der Waals surface area contributed by atoms with E-state index in [2.05, 4.69) is 25.2 Å². The number of rotatable bonds is 5. The summed E-state index contributed by atoms with van der Waals surface area (Å²) in [4.78, 5) is 0. The maximum Gasteiger partial charge on any atom is 0.0661 e. The Balaban J connectivity index is 2.39. The van der Waals surface area contributed by atoms with Crippen molar-refractivity contribution in [2.24, 2.45) is 0 Å². The SMILES string of the molecule is CNC(COC(C)C)C1=CCCCC1. The molecular weight excluding hydrogens is 174 g/mol. The molecule has 2 nitrogen and oxygen atoms in total. The fraction of sp³-hybridized carbons (Fsp3) is 0.833. The zero-order chi connectivity index (χ0) is 10.4. The summed E-state index contributed by atoms with van der Waals surface area (Å²) in [5.41, 5.74) is 1.54. The highest BCUT2D eigenvalue weighted by Crippen LogP contribution is 2.20. The minimum absolute atomic E-state index is 0.329. The first kappa shape index (κ1) is 11.7. The minimum Gasteiger partial charge on any atom is -0.377 e. The van der Waals surface area contributed by atoms with Crippen LogP contribution in [0.4, 0.5) is 0 Å². The molecule has 0 saturated heterocycles. The maximum absolute atomic E-state index is 5.64. The third-order valence-electron chi connectivity index (χ3n) is 2.72. The second-order valence-corrected chi connectivity index (χ2v) is 4.25. The van der Waals surface area contributed by atoms with Crippen molar-refractivity contribution in [2.45, 2.75) is 51.7 Å². The Hall–Kier alpha value is -0.340. The molecule has 1 aliphatic rings. The average Bonchev–Trinajstić information content (AvgIpc) is 2.20. The predicted molar refractivity (Wildman–Crippen MR) is 60.5 cm³/mol. The minimum atomic E-state index is 0.329. The summed E-state index contributed by atoms with van der Waals surface area (Å²) in [6, 6.07) is 0.428. The molecule has 0 fully saturated rings. The fourth-order valence-corrected chi connectivity index (χ4v) is 1.84. The van der Waals surface area contributed by atoms with E-state index >= 15 is 0 Å². The standard InChI is InChI=1S/C12H23NO/c1-10(2)14-9-12(13-3)11-7-5-4-6-8-11/h7,10,12-13H,4-6,8-9H2,1-3H3. The van der Waals surface area contributed by atoms with Gasteiger partial charge in [0.25, 0.3) is 0 Å². The van der Waals surface area contributed by atoms with Crippen molar-refractivity contribution in [2.75, 3.05) is 13.7 Å². The maximum atomic E-state index is 5.64. The number of hydrogen-bond acceptors (Lipinski definition) is 2.